The van der Waals surface area contributed by atoms with Crippen molar-refractivity contribution in [2.75, 3.05) is 36.8 Å². The van der Waals surface area contributed by atoms with Gasteiger partial charge in [0.1, 0.15) is 5.82 Å². The van der Waals surface area contributed by atoms with Crippen LogP contribution in [0.15, 0.2) is 30.5 Å². The zero-order chi connectivity index (χ0) is 14.1. The van der Waals surface area contributed by atoms with E-state index in [4.69, 9.17) is 5.73 Å². The summed E-state index contributed by atoms with van der Waals surface area (Å²) in [6.07, 6.45) is 1.82. The van der Waals surface area contributed by atoms with Crippen LogP contribution in [0.1, 0.15) is 6.92 Å². The van der Waals surface area contributed by atoms with Crippen LogP contribution in [0.3, 0.4) is 0 Å². The van der Waals surface area contributed by atoms with E-state index >= 15 is 0 Å². The summed E-state index contributed by atoms with van der Waals surface area (Å²) in [5, 5.41) is 2.21. The molecule has 1 aromatic heterocycles. The van der Waals surface area contributed by atoms with Crippen LogP contribution >= 0.6 is 0 Å². The molecule has 20 heavy (non-hydrogen) atoms. The monoisotopic (exact) mass is 270 g/mol. The number of nitrogen functional groups attached to an aromatic ring is 1. The molecule has 5 nitrogen and oxygen atoms in total. The zero-order valence-electron chi connectivity index (χ0n) is 11.5. The first-order chi connectivity index (χ1) is 9.65. The third-order valence-electron chi connectivity index (χ3n) is 3.79. The van der Waals surface area contributed by atoms with Gasteiger partial charge in [-0.1, -0.05) is 6.07 Å². The minimum absolute atomic E-state index is 0.139. The first-order valence-electron chi connectivity index (χ1n) is 6.80. The van der Waals surface area contributed by atoms with Gasteiger partial charge in [0.2, 0.25) is 5.91 Å². The van der Waals surface area contributed by atoms with Gasteiger partial charge in [0.15, 0.2) is 0 Å². The number of aromatic nitrogens is 1. The molecule has 1 saturated heterocycles. The topological polar surface area (TPSA) is 62.5 Å². The molecule has 1 amide bonds. The molecular weight excluding hydrogens is 252 g/mol. The molecule has 0 atom stereocenters. The van der Waals surface area contributed by atoms with E-state index in [2.05, 4.69) is 9.88 Å². The molecular formula is C15H18N4O. The van der Waals surface area contributed by atoms with E-state index in [0.717, 1.165) is 48.5 Å². The van der Waals surface area contributed by atoms with E-state index in [9.17, 15) is 4.79 Å². The predicted molar refractivity (Wildman–Crippen MR) is 80.6 cm³/mol. The van der Waals surface area contributed by atoms with Gasteiger partial charge in [-0.3, -0.25) is 4.79 Å². The van der Waals surface area contributed by atoms with Crippen LogP contribution in [0.2, 0.25) is 0 Å². The predicted octanol–water partition coefficient (Wildman–Crippen LogP) is 1.49. The van der Waals surface area contributed by atoms with Gasteiger partial charge < -0.3 is 15.5 Å². The Hall–Kier alpha value is -2.30. The molecule has 104 valence electrons. The van der Waals surface area contributed by atoms with Gasteiger partial charge in [0, 0.05) is 50.4 Å². The van der Waals surface area contributed by atoms with Crippen molar-refractivity contribution in [3.63, 3.8) is 0 Å². The summed E-state index contributed by atoms with van der Waals surface area (Å²) in [4.78, 5) is 20.0. The van der Waals surface area contributed by atoms with Crippen LogP contribution < -0.4 is 10.6 Å². The van der Waals surface area contributed by atoms with E-state index in [-0.39, 0.29) is 5.91 Å². The van der Waals surface area contributed by atoms with E-state index in [1.165, 1.54) is 0 Å². The van der Waals surface area contributed by atoms with E-state index in [1.54, 1.807) is 6.92 Å². The second-order valence-corrected chi connectivity index (χ2v) is 5.11. The van der Waals surface area contributed by atoms with Crippen molar-refractivity contribution in [2.24, 2.45) is 0 Å². The lowest BCUT2D eigenvalue weighted by atomic mass is 10.1. The van der Waals surface area contributed by atoms with Crippen molar-refractivity contribution in [3.05, 3.63) is 30.5 Å². The fraction of sp³-hybridized carbons (Fsp3) is 0.333. The number of nitrogens with two attached hydrogens (primary N) is 1. The molecule has 5 heteroatoms. The van der Waals surface area contributed by atoms with Crippen LogP contribution in [-0.4, -0.2) is 42.0 Å². The molecule has 0 radical (unpaired) electrons. The third-order valence-corrected chi connectivity index (χ3v) is 3.79. The van der Waals surface area contributed by atoms with Gasteiger partial charge in [-0.25, -0.2) is 4.98 Å². The van der Waals surface area contributed by atoms with Crippen molar-refractivity contribution >= 4 is 28.2 Å². The highest BCUT2D eigenvalue weighted by molar-refractivity contribution is 5.94. The quantitative estimate of drug-likeness (QED) is 0.797. The number of carbonyl (C=O) groups is 1. The van der Waals surface area contributed by atoms with Crippen LogP contribution in [0.4, 0.5) is 11.5 Å². The fourth-order valence-corrected chi connectivity index (χ4v) is 2.66. The standard InChI is InChI=1S/C15H18N4O/c1-11(20)18-6-8-19(9-7-18)15-14-10-13(16)3-2-12(14)4-5-17-15/h2-5,10H,6-9,16H2,1H3. The molecule has 3 rings (SSSR count). The maximum atomic E-state index is 11.4. The van der Waals surface area contributed by atoms with Crippen LogP contribution in [0.5, 0.6) is 0 Å². The van der Waals surface area contributed by atoms with Crippen LogP contribution in [0.25, 0.3) is 10.8 Å². The average molecular weight is 270 g/mol. The van der Waals surface area contributed by atoms with Gasteiger partial charge in [0.05, 0.1) is 0 Å². The summed E-state index contributed by atoms with van der Waals surface area (Å²) >= 11 is 0. The molecule has 2 aromatic rings. The van der Waals surface area contributed by atoms with E-state index in [1.807, 2.05) is 35.4 Å². The fourth-order valence-electron chi connectivity index (χ4n) is 2.66. The lowest BCUT2D eigenvalue weighted by Gasteiger charge is -2.35. The Morgan fingerprint density at radius 1 is 1.20 bits per heavy atom. The Morgan fingerprint density at radius 2 is 1.95 bits per heavy atom. The normalized spacial score (nSPS) is 15.7. The molecule has 2 heterocycles. The summed E-state index contributed by atoms with van der Waals surface area (Å²) in [6, 6.07) is 7.88. The lowest BCUT2D eigenvalue weighted by Crippen LogP contribution is -2.48. The maximum absolute atomic E-state index is 11.4. The van der Waals surface area contributed by atoms with Gasteiger partial charge >= 0.3 is 0 Å². The number of benzene rings is 1. The Bertz CT molecular complexity index is 647. The van der Waals surface area contributed by atoms with Crippen LogP contribution in [0, 0.1) is 0 Å². The van der Waals surface area contributed by atoms with Gasteiger partial charge in [-0.2, -0.15) is 0 Å². The number of hydrogen-bond donors (Lipinski definition) is 1. The Balaban J connectivity index is 1.91. The molecule has 1 aromatic carbocycles. The van der Waals surface area contributed by atoms with Gasteiger partial charge in [0.25, 0.3) is 0 Å². The smallest absolute Gasteiger partial charge is 0.219 e. The summed E-state index contributed by atoms with van der Waals surface area (Å²) in [6.45, 7) is 4.72. The van der Waals surface area contributed by atoms with Crippen molar-refractivity contribution in [3.8, 4) is 0 Å². The largest absolute Gasteiger partial charge is 0.399 e. The number of hydrogen-bond acceptors (Lipinski definition) is 4. The zero-order valence-corrected chi connectivity index (χ0v) is 11.5. The molecule has 0 bridgehead atoms. The number of carbonyl (C=O) groups excluding carboxylic acids is 1. The van der Waals surface area contributed by atoms with E-state index in [0.29, 0.717) is 0 Å². The minimum Gasteiger partial charge on any atom is -0.399 e. The Morgan fingerprint density at radius 3 is 2.65 bits per heavy atom. The third kappa shape index (κ3) is 2.27. The summed E-state index contributed by atoms with van der Waals surface area (Å²) in [5.41, 5.74) is 6.63. The molecule has 2 N–H and O–H groups in total. The number of amides is 1. The molecule has 0 saturated carbocycles. The minimum atomic E-state index is 0.139. The second kappa shape index (κ2) is 5.00. The number of nitrogens with zero attached hydrogens (tertiary/aromatic N) is 3. The molecule has 0 spiro atoms. The highest BCUT2D eigenvalue weighted by Gasteiger charge is 2.20. The highest BCUT2D eigenvalue weighted by atomic mass is 16.2. The molecule has 0 unspecified atom stereocenters. The summed E-state index contributed by atoms with van der Waals surface area (Å²) in [7, 11) is 0. The molecule has 1 aliphatic heterocycles. The summed E-state index contributed by atoms with van der Waals surface area (Å²) < 4.78 is 0. The second-order valence-electron chi connectivity index (χ2n) is 5.11. The van der Waals surface area contributed by atoms with Crippen molar-refractivity contribution in [1.82, 2.24) is 9.88 Å². The first-order valence-corrected chi connectivity index (χ1v) is 6.80. The Labute approximate surface area is 118 Å². The number of rotatable bonds is 1. The van der Waals surface area contributed by atoms with Crippen molar-refractivity contribution in [2.45, 2.75) is 6.92 Å². The van der Waals surface area contributed by atoms with Crippen molar-refractivity contribution < 1.29 is 4.79 Å². The SMILES string of the molecule is CC(=O)N1CCN(c2nccc3ccc(N)cc23)CC1. The van der Waals surface area contributed by atoms with Gasteiger partial charge in [-0.15, -0.1) is 0 Å². The Kier molecular flexibility index (Phi) is 3.18. The number of piperazine rings is 1. The molecule has 1 aliphatic rings. The van der Waals surface area contributed by atoms with E-state index < -0.39 is 0 Å². The number of anilines is 2. The van der Waals surface area contributed by atoms with Crippen LogP contribution in [-0.2, 0) is 4.79 Å². The number of pyridine rings is 1. The maximum Gasteiger partial charge on any atom is 0.219 e. The number of fused-ring (bicyclic) bond motifs is 1. The highest BCUT2D eigenvalue weighted by Crippen LogP contribution is 2.27. The molecule has 1 fully saturated rings. The first kappa shape index (κ1) is 12.7. The van der Waals surface area contributed by atoms with Gasteiger partial charge in [-0.05, 0) is 23.6 Å². The molecule has 0 aliphatic carbocycles. The van der Waals surface area contributed by atoms with Crippen molar-refractivity contribution in [1.29, 1.82) is 0 Å². The lowest BCUT2D eigenvalue weighted by molar-refractivity contribution is -0.129. The average Bonchev–Trinajstić information content (AvgIpc) is 2.46. The summed E-state index contributed by atoms with van der Waals surface area (Å²) in [5.74, 6) is 1.10.